The van der Waals surface area contributed by atoms with E-state index in [4.69, 9.17) is 4.98 Å². The van der Waals surface area contributed by atoms with Crippen LogP contribution in [0.2, 0.25) is 0 Å². The first-order valence-electron chi connectivity index (χ1n) is 9.26. The van der Waals surface area contributed by atoms with E-state index in [0.717, 1.165) is 33.3 Å². The van der Waals surface area contributed by atoms with Gasteiger partial charge in [0.2, 0.25) is 0 Å². The van der Waals surface area contributed by atoms with Gasteiger partial charge < -0.3 is 5.32 Å². The van der Waals surface area contributed by atoms with Gasteiger partial charge in [-0.25, -0.2) is 4.98 Å². The van der Waals surface area contributed by atoms with E-state index < -0.39 is 0 Å². The smallest absolute Gasteiger partial charge is 0.252 e. The number of benzene rings is 2. The molecule has 1 N–H and O–H groups in total. The topological polar surface area (TPSA) is 54.9 Å². The van der Waals surface area contributed by atoms with Gasteiger partial charge in [-0.05, 0) is 43.2 Å². The zero-order chi connectivity index (χ0) is 19.5. The number of aromatic nitrogens is 2. The Morgan fingerprint density at radius 1 is 1.00 bits per heavy atom. The molecule has 0 aliphatic heterocycles. The third-order valence-electron chi connectivity index (χ3n) is 4.79. The van der Waals surface area contributed by atoms with Crippen LogP contribution in [0.25, 0.3) is 22.2 Å². The predicted octanol–water partition coefficient (Wildman–Crippen LogP) is 4.84. The molecule has 0 atom stereocenters. The number of fused-ring (bicyclic) bond motifs is 1. The number of pyridine rings is 2. The maximum Gasteiger partial charge on any atom is 0.252 e. The van der Waals surface area contributed by atoms with E-state index in [0.29, 0.717) is 12.1 Å². The van der Waals surface area contributed by atoms with Gasteiger partial charge in [-0.2, -0.15) is 0 Å². The molecule has 0 saturated carbocycles. The van der Waals surface area contributed by atoms with Crippen LogP contribution in [0.3, 0.4) is 0 Å². The van der Waals surface area contributed by atoms with Crippen LogP contribution in [0, 0.1) is 13.8 Å². The number of carbonyl (C=O) groups excluding carboxylic acids is 1. The molecule has 0 fully saturated rings. The van der Waals surface area contributed by atoms with E-state index in [-0.39, 0.29) is 5.91 Å². The SMILES string of the molecule is Cc1ccc(-c2cc(C(=O)NCc3cccnc3)c3ccccc3n2)c(C)c1. The van der Waals surface area contributed by atoms with Gasteiger partial charge in [0.1, 0.15) is 0 Å². The van der Waals surface area contributed by atoms with Gasteiger partial charge in [0.25, 0.3) is 5.91 Å². The molecule has 138 valence electrons. The van der Waals surface area contributed by atoms with Crippen LogP contribution in [0.4, 0.5) is 0 Å². The third kappa shape index (κ3) is 3.62. The van der Waals surface area contributed by atoms with Gasteiger partial charge >= 0.3 is 0 Å². The molecule has 0 bridgehead atoms. The van der Waals surface area contributed by atoms with Gasteiger partial charge in [0, 0.05) is 29.9 Å². The Morgan fingerprint density at radius 3 is 2.64 bits per heavy atom. The predicted molar refractivity (Wildman–Crippen MR) is 112 cm³/mol. The van der Waals surface area contributed by atoms with Crippen molar-refractivity contribution in [2.75, 3.05) is 0 Å². The fourth-order valence-electron chi connectivity index (χ4n) is 3.38. The first kappa shape index (κ1) is 17.9. The van der Waals surface area contributed by atoms with Crippen molar-refractivity contribution in [1.82, 2.24) is 15.3 Å². The fraction of sp³-hybridized carbons (Fsp3) is 0.125. The molecular weight excluding hydrogens is 346 g/mol. The number of para-hydroxylation sites is 1. The Morgan fingerprint density at radius 2 is 1.86 bits per heavy atom. The van der Waals surface area contributed by atoms with Crippen LogP contribution in [-0.2, 0) is 6.54 Å². The summed E-state index contributed by atoms with van der Waals surface area (Å²) in [6.45, 7) is 4.57. The van der Waals surface area contributed by atoms with Crippen LogP contribution in [0.15, 0.2) is 73.1 Å². The van der Waals surface area contributed by atoms with Crippen LogP contribution >= 0.6 is 0 Å². The highest BCUT2D eigenvalue weighted by atomic mass is 16.1. The minimum absolute atomic E-state index is 0.117. The summed E-state index contributed by atoms with van der Waals surface area (Å²) in [6, 6.07) is 19.7. The second kappa shape index (κ2) is 7.61. The molecule has 0 spiro atoms. The lowest BCUT2D eigenvalue weighted by Crippen LogP contribution is -2.23. The molecule has 4 rings (SSSR count). The summed E-state index contributed by atoms with van der Waals surface area (Å²) < 4.78 is 0. The Hall–Kier alpha value is -3.53. The maximum atomic E-state index is 13.0. The Bertz CT molecular complexity index is 1150. The lowest BCUT2D eigenvalue weighted by atomic mass is 9.99. The average Bonchev–Trinajstić information content (AvgIpc) is 2.72. The molecular formula is C24H21N3O. The summed E-state index contributed by atoms with van der Waals surface area (Å²) in [5, 5.41) is 3.85. The summed E-state index contributed by atoms with van der Waals surface area (Å²) in [5.74, 6) is -0.117. The van der Waals surface area contributed by atoms with Crippen molar-refractivity contribution in [3.8, 4) is 11.3 Å². The van der Waals surface area contributed by atoms with E-state index in [1.807, 2.05) is 42.5 Å². The van der Waals surface area contributed by atoms with Gasteiger partial charge in [-0.15, -0.1) is 0 Å². The molecule has 2 heterocycles. The van der Waals surface area contributed by atoms with E-state index in [9.17, 15) is 4.79 Å². The quantitative estimate of drug-likeness (QED) is 0.561. The van der Waals surface area contributed by atoms with E-state index in [1.165, 1.54) is 5.56 Å². The van der Waals surface area contributed by atoms with Gasteiger partial charge in [-0.3, -0.25) is 9.78 Å². The highest BCUT2D eigenvalue weighted by Gasteiger charge is 2.14. The molecule has 2 aromatic heterocycles. The summed E-state index contributed by atoms with van der Waals surface area (Å²) in [4.78, 5) is 21.9. The number of amides is 1. The first-order chi connectivity index (χ1) is 13.6. The average molecular weight is 367 g/mol. The van der Waals surface area contributed by atoms with Crippen molar-refractivity contribution in [3.05, 3.63) is 95.3 Å². The van der Waals surface area contributed by atoms with Crippen molar-refractivity contribution >= 4 is 16.8 Å². The standard InChI is InChI=1S/C24H21N3O/c1-16-9-10-19(17(2)12-16)23-13-21(20-7-3-4-8-22(20)27-23)24(28)26-15-18-6-5-11-25-14-18/h3-14H,15H2,1-2H3,(H,26,28). The number of carbonyl (C=O) groups is 1. The first-order valence-corrected chi connectivity index (χ1v) is 9.26. The molecule has 2 aromatic carbocycles. The minimum atomic E-state index is -0.117. The Labute approximate surface area is 164 Å². The molecule has 28 heavy (non-hydrogen) atoms. The van der Waals surface area contributed by atoms with Crippen molar-refractivity contribution in [1.29, 1.82) is 0 Å². The Kier molecular flexibility index (Phi) is 4.85. The van der Waals surface area contributed by atoms with Gasteiger partial charge in [0.05, 0.1) is 16.8 Å². The summed E-state index contributed by atoms with van der Waals surface area (Å²) >= 11 is 0. The number of nitrogens with one attached hydrogen (secondary N) is 1. The third-order valence-corrected chi connectivity index (χ3v) is 4.79. The summed E-state index contributed by atoms with van der Waals surface area (Å²) in [5.41, 5.74) is 6.60. The molecule has 4 nitrogen and oxygen atoms in total. The van der Waals surface area contributed by atoms with Crippen molar-refractivity contribution < 1.29 is 4.79 Å². The second-order valence-corrected chi connectivity index (χ2v) is 6.93. The molecule has 0 aliphatic carbocycles. The molecule has 4 aromatic rings. The zero-order valence-electron chi connectivity index (χ0n) is 15.9. The van der Waals surface area contributed by atoms with Gasteiger partial charge in [-0.1, -0.05) is 48.0 Å². The van der Waals surface area contributed by atoms with Crippen LogP contribution in [-0.4, -0.2) is 15.9 Å². The lowest BCUT2D eigenvalue weighted by Gasteiger charge is -2.12. The highest BCUT2D eigenvalue weighted by molar-refractivity contribution is 6.07. The van der Waals surface area contributed by atoms with Crippen molar-refractivity contribution in [2.24, 2.45) is 0 Å². The highest BCUT2D eigenvalue weighted by Crippen LogP contribution is 2.27. The molecule has 0 radical (unpaired) electrons. The van der Waals surface area contributed by atoms with Crippen molar-refractivity contribution in [2.45, 2.75) is 20.4 Å². The number of rotatable bonds is 4. The van der Waals surface area contributed by atoms with E-state index in [2.05, 4.69) is 42.3 Å². The van der Waals surface area contributed by atoms with E-state index in [1.54, 1.807) is 12.4 Å². The monoisotopic (exact) mass is 367 g/mol. The zero-order valence-corrected chi connectivity index (χ0v) is 15.9. The summed E-state index contributed by atoms with van der Waals surface area (Å²) in [7, 11) is 0. The lowest BCUT2D eigenvalue weighted by molar-refractivity contribution is 0.0952. The number of nitrogens with zero attached hydrogens (tertiary/aromatic N) is 2. The fourth-order valence-corrected chi connectivity index (χ4v) is 3.38. The van der Waals surface area contributed by atoms with Crippen LogP contribution in [0.5, 0.6) is 0 Å². The number of hydrogen-bond donors (Lipinski definition) is 1. The van der Waals surface area contributed by atoms with E-state index >= 15 is 0 Å². The molecule has 0 aliphatic rings. The van der Waals surface area contributed by atoms with Gasteiger partial charge in [0.15, 0.2) is 0 Å². The number of aryl methyl sites for hydroxylation is 2. The number of hydrogen-bond acceptors (Lipinski definition) is 3. The second-order valence-electron chi connectivity index (χ2n) is 6.93. The molecule has 0 saturated heterocycles. The maximum absolute atomic E-state index is 13.0. The Balaban J connectivity index is 1.75. The largest absolute Gasteiger partial charge is 0.348 e. The van der Waals surface area contributed by atoms with Crippen LogP contribution < -0.4 is 5.32 Å². The molecule has 0 unspecified atom stereocenters. The normalized spacial score (nSPS) is 10.8. The summed E-state index contributed by atoms with van der Waals surface area (Å²) in [6.07, 6.45) is 3.48. The van der Waals surface area contributed by atoms with Crippen molar-refractivity contribution in [3.63, 3.8) is 0 Å². The van der Waals surface area contributed by atoms with Crippen LogP contribution in [0.1, 0.15) is 27.0 Å². The molecule has 4 heteroatoms. The minimum Gasteiger partial charge on any atom is -0.348 e. The molecule has 1 amide bonds.